The maximum absolute atomic E-state index is 12.1. The summed E-state index contributed by atoms with van der Waals surface area (Å²) in [6.07, 6.45) is 0.241. The van der Waals surface area contributed by atoms with Crippen LogP contribution in [0, 0.1) is 0 Å². The summed E-state index contributed by atoms with van der Waals surface area (Å²) in [5, 5.41) is 2.93. The molecule has 1 atom stereocenters. The molecule has 124 valence electrons. The number of nitrogens with one attached hydrogen (secondary N) is 1. The molecule has 5 heteroatoms. The number of hydrogen-bond donors (Lipinski definition) is 1. The minimum absolute atomic E-state index is 0.0741. The number of aromatic nitrogens is 1. The minimum Gasteiger partial charge on any atom is -0.408 e. The summed E-state index contributed by atoms with van der Waals surface area (Å²) >= 11 is 0. The zero-order valence-corrected chi connectivity index (χ0v) is 13.6. The van der Waals surface area contributed by atoms with Crippen LogP contribution < -0.4 is 11.1 Å². The number of aryl methyl sites for hydroxylation is 1. The lowest BCUT2D eigenvalue weighted by atomic mass is 10.0. The molecule has 1 amide bonds. The van der Waals surface area contributed by atoms with Crippen molar-refractivity contribution in [3.8, 4) is 0 Å². The normalized spacial score (nSPS) is 12.2. The van der Waals surface area contributed by atoms with Gasteiger partial charge in [0.05, 0.1) is 5.52 Å². The molecule has 3 rings (SSSR count). The number of nitrogens with zero attached hydrogens (tertiary/aromatic N) is 1. The van der Waals surface area contributed by atoms with Gasteiger partial charge in [-0.1, -0.05) is 49.4 Å². The molecule has 24 heavy (non-hydrogen) atoms. The zero-order valence-electron chi connectivity index (χ0n) is 13.6. The van der Waals surface area contributed by atoms with Crippen molar-refractivity contribution in [1.29, 1.82) is 0 Å². The molecular weight excluding hydrogens is 304 g/mol. The number of carbonyl (C=O) groups is 1. The van der Waals surface area contributed by atoms with E-state index in [0.29, 0.717) is 24.2 Å². The molecular formula is C19H20N2O3. The van der Waals surface area contributed by atoms with Crippen molar-refractivity contribution in [3.05, 3.63) is 70.7 Å². The molecule has 0 aliphatic carbocycles. The summed E-state index contributed by atoms with van der Waals surface area (Å²) in [7, 11) is 0. The maximum Gasteiger partial charge on any atom is 0.419 e. The Morgan fingerprint density at radius 2 is 1.83 bits per heavy atom. The average molecular weight is 324 g/mol. The van der Waals surface area contributed by atoms with Gasteiger partial charge >= 0.3 is 5.76 Å². The van der Waals surface area contributed by atoms with Crippen molar-refractivity contribution in [2.24, 2.45) is 0 Å². The van der Waals surface area contributed by atoms with E-state index >= 15 is 0 Å². The molecule has 0 fully saturated rings. The summed E-state index contributed by atoms with van der Waals surface area (Å²) in [5.74, 6) is -0.260. The Morgan fingerprint density at radius 3 is 2.62 bits per heavy atom. The fourth-order valence-corrected chi connectivity index (χ4v) is 2.69. The lowest BCUT2D eigenvalue weighted by Gasteiger charge is -2.13. The van der Waals surface area contributed by atoms with Gasteiger partial charge in [-0.05, 0) is 23.6 Å². The van der Waals surface area contributed by atoms with Crippen LogP contribution in [0.15, 0.2) is 63.8 Å². The maximum atomic E-state index is 12.1. The predicted octanol–water partition coefficient (Wildman–Crippen LogP) is 2.90. The third-order valence-electron chi connectivity index (χ3n) is 4.11. The van der Waals surface area contributed by atoms with Gasteiger partial charge in [0.15, 0.2) is 5.58 Å². The molecule has 0 saturated carbocycles. The van der Waals surface area contributed by atoms with Crippen LogP contribution in [0.25, 0.3) is 11.1 Å². The second-order valence-electron chi connectivity index (χ2n) is 5.85. The van der Waals surface area contributed by atoms with Crippen molar-refractivity contribution in [2.45, 2.75) is 25.8 Å². The van der Waals surface area contributed by atoms with E-state index in [0.717, 1.165) is 0 Å². The van der Waals surface area contributed by atoms with Crippen molar-refractivity contribution in [2.75, 3.05) is 6.54 Å². The van der Waals surface area contributed by atoms with Crippen LogP contribution in [0.2, 0.25) is 0 Å². The third kappa shape index (κ3) is 3.56. The lowest BCUT2D eigenvalue weighted by molar-refractivity contribution is -0.121. The van der Waals surface area contributed by atoms with Crippen LogP contribution in [-0.2, 0) is 11.3 Å². The first-order valence-corrected chi connectivity index (χ1v) is 8.05. The van der Waals surface area contributed by atoms with Gasteiger partial charge in [-0.3, -0.25) is 9.36 Å². The number of amides is 1. The van der Waals surface area contributed by atoms with E-state index in [4.69, 9.17) is 4.42 Å². The Balaban J connectivity index is 1.56. The van der Waals surface area contributed by atoms with E-state index in [2.05, 4.69) is 12.2 Å². The average Bonchev–Trinajstić information content (AvgIpc) is 2.93. The lowest BCUT2D eigenvalue weighted by Crippen LogP contribution is -2.29. The van der Waals surface area contributed by atoms with Gasteiger partial charge in [0.1, 0.15) is 0 Å². The molecule has 0 bridgehead atoms. The second-order valence-corrected chi connectivity index (χ2v) is 5.85. The van der Waals surface area contributed by atoms with Crippen LogP contribution >= 0.6 is 0 Å². The molecule has 0 radical (unpaired) electrons. The Bertz CT molecular complexity index is 880. The van der Waals surface area contributed by atoms with Crippen LogP contribution in [-0.4, -0.2) is 17.0 Å². The quantitative estimate of drug-likeness (QED) is 0.758. The number of para-hydroxylation sites is 2. The molecule has 5 nitrogen and oxygen atoms in total. The molecule has 0 spiro atoms. The monoisotopic (exact) mass is 324 g/mol. The minimum atomic E-state index is -0.429. The molecule has 1 heterocycles. The van der Waals surface area contributed by atoms with E-state index in [1.807, 2.05) is 48.5 Å². The van der Waals surface area contributed by atoms with Crippen molar-refractivity contribution >= 4 is 17.0 Å². The van der Waals surface area contributed by atoms with Gasteiger partial charge in [-0.15, -0.1) is 0 Å². The van der Waals surface area contributed by atoms with Crippen molar-refractivity contribution in [1.82, 2.24) is 9.88 Å². The number of hydrogen-bond acceptors (Lipinski definition) is 3. The topological polar surface area (TPSA) is 64.2 Å². The van der Waals surface area contributed by atoms with E-state index in [9.17, 15) is 9.59 Å². The Hall–Kier alpha value is -2.82. The highest BCUT2D eigenvalue weighted by atomic mass is 16.4. The van der Waals surface area contributed by atoms with Crippen LogP contribution in [0.4, 0.5) is 0 Å². The highest BCUT2D eigenvalue weighted by Crippen LogP contribution is 2.14. The first-order chi connectivity index (χ1) is 11.6. The number of carbonyl (C=O) groups excluding carboxylic acids is 1. The van der Waals surface area contributed by atoms with Crippen LogP contribution in [0.5, 0.6) is 0 Å². The molecule has 1 N–H and O–H groups in total. The van der Waals surface area contributed by atoms with Crippen LogP contribution in [0.1, 0.15) is 24.8 Å². The van der Waals surface area contributed by atoms with Gasteiger partial charge in [-0.25, -0.2) is 4.79 Å². The number of rotatable bonds is 6. The second kappa shape index (κ2) is 7.17. The SMILES string of the molecule is C[C@@H](CNC(=O)CCn1c(=O)oc2ccccc21)c1ccccc1. The smallest absolute Gasteiger partial charge is 0.408 e. The van der Waals surface area contributed by atoms with E-state index in [1.165, 1.54) is 10.1 Å². The van der Waals surface area contributed by atoms with Gasteiger partial charge in [0.25, 0.3) is 0 Å². The van der Waals surface area contributed by atoms with Crippen LogP contribution in [0.3, 0.4) is 0 Å². The molecule has 0 saturated heterocycles. The Morgan fingerprint density at radius 1 is 1.12 bits per heavy atom. The summed E-state index contributed by atoms with van der Waals surface area (Å²) in [4.78, 5) is 23.9. The number of fused-ring (bicyclic) bond motifs is 1. The molecule has 0 aliphatic heterocycles. The fourth-order valence-electron chi connectivity index (χ4n) is 2.69. The highest BCUT2D eigenvalue weighted by Gasteiger charge is 2.11. The summed E-state index contributed by atoms with van der Waals surface area (Å²) in [5.41, 5.74) is 2.45. The van der Waals surface area contributed by atoms with E-state index in [1.54, 1.807) is 6.07 Å². The van der Waals surface area contributed by atoms with Gasteiger partial charge in [0, 0.05) is 19.5 Å². The van der Waals surface area contributed by atoms with Crippen molar-refractivity contribution < 1.29 is 9.21 Å². The summed E-state index contributed by atoms with van der Waals surface area (Å²) in [6, 6.07) is 17.3. The third-order valence-corrected chi connectivity index (χ3v) is 4.11. The molecule has 0 aliphatic rings. The molecule has 3 aromatic rings. The number of benzene rings is 2. The molecule has 2 aromatic carbocycles. The highest BCUT2D eigenvalue weighted by molar-refractivity contribution is 5.76. The predicted molar refractivity (Wildman–Crippen MR) is 93.0 cm³/mol. The van der Waals surface area contributed by atoms with Gasteiger partial charge in [0.2, 0.25) is 5.91 Å². The molecule has 1 aromatic heterocycles. The zero-order chi connectivity index (χ0) is 16.9. The van der Waals surface area contributed by atoms with Gasteiger partial charge < -0.3 is 9.73 Å². The van der Waals surface area contributed by atoms with E-state index < -0.39 is 5.76 Å². The summed E-state index contributed by atoms with van der Waals surface area (Å²) < 4.78 is 6.66. The first-order valence-electron chi connectivity index (χ1n) is 8.05. The standard InChI is InChI=1S/C19H20N2O3/c1-14(15-7-3-2-4-8-15)13-20-18(22)11-12-21-16-9-5-6-10-17(16)24-19(21)23/h2-10,14H,11-13H2,1H3,(H,20,22)/t14-/m0/s1. The van der Waals surface area contributed by atoms with Gasteiger partial charge in [-0.2, -0.15) is 0 Å². The molecule has 0 unspecified atom stereocenters. The number of oxazole rings is 1. The first kappa shape index (κ1) is 16.1. The Labute approximate surface area is 139 Å². The fraction of sp³-hybridized carbons (Fsp3) is 0.263. The summed E-state index contributed by atoms with van der Waals surface area (Å²) in [6.45, 7) is 2.95. The largest absolute Gasteiger partial charge is 0.419 e. The Kier molecular flexibility index (Phi) is 4.79. The van der Waals surface area contributed by atoms with Crippen molar-refractivity contribution in [3.63, 3.8) is 0 Å². The van der Waals surface area contributed by atoms with E-state index in [-0.39, 0.29) is 18.2 Å².